The van der Waals surface area contributed by atoms with Gasteiger partial charge in [0.1, 0.15) is 0 Å². The average molecular weight is 388 g/mol. The van der Waals surface area contributed by atoms with Crippen LogP contribution in [-0.4, -0.2) is 59.5 Å². The zero-order chi connectivity index (χ0) is 14.5. The number of benzene rings is 1. The van der Waals surface area contributed by atoms with E-state index in [2.05, 4.69) is 27.5 Å². The van der Waals surface area contributed by atoms with E-state index in [0.717, 1.165) is 22.2 Å². The number of piperazine rings is 1. The van der Waals surface area contributed by atoms with Crippen molar-refractivity contribution in [3.05, 3.63) is 33.4 Å². The van der Waals surface area contributed by atoms with E-state index in [1.165, 1.54) is 0 Å². The van der Waals surface area contributed by atoms with Gasteiger partial charge in [0.2, 0.25) is 0 Å². The van der Waals surface area contributed by atoms with Crippen LogP contribution >= 0.6 is 22.6 Å². The summed E-state index contributed by atoms with van der Waals surface area (Å²) in [4.78, 5) is 26.8. The normalized spacial score (nSPS) is 16.1. The Morgan fingerprint density at radius 3 is 2.50 bits per heavy atom. The topological polar surface area (TPSA) is 60.9 Å². The quantitative estimate of drug-likeness (QED) is 0.795. The van der Waals surface area contributed by atoms with Crippen LogP contribution in [0.3, 0.4) is 0 Å². The van der Waals surface area contributed by atoms with Crippen molar-refractivity contribution >= 4 is 34.5 Å². The van der Waals surface area contributed by atoms with E-state index in [9.17, 15) is 9.59 Å². The van der Waals surface area contributed by atoms with Crippen molar-refractivity contribution < 1.29 is 14.7 Å². The number of aliphatic carboxylic acids is 1. The van der Waals surface area contributed by atoms with Gasteiger partial charge in [-0.1, -0.05) is 6.07 Å². The first-order valence-electron chi connectivity index (χ1n) is 6.55. The summed E-state index contributed by atoms with van der Waals surface area (Å²) in [5.74, 6) is -0.719. The Labute approximate surface area is 131 Å². The molecule has 1 fully saturated rings. The maximum absolute atomic E-state index is 12.3. The predicted molar refractivity (Wildman–Crippen MR) is 83.8 cm³/mol. The molecule has 0 bridgehead atoms. The first-order chi connectivity index (χ1) is 9.56. The van der Waals surface area contributed by atoms with Gasteiger partial charge in [-0.25, -0.2) is 0 Å². The zero-order valence-electron chi connectivity index (χ0n) is 11.1. The van der Waals surface area contributed by atoms with Gasteiger partial charge in [0.05, 0.1) is 6.42 Å². The van der Waals surface area contributed by atoms with E-state index in [-0.39, 0.29) is 12.3 Å². The largest absolute Gasteiger partial charge is 0.481 e. The maximum Gasteiger partial charge on any atom is 0.304 e. The number of nitrogens with zero attached hydrogens (tertiary/aromatic N) is 2. The number of hydrogen-bond acceptors (Lipinski definition) is 3. The van der Waals surface area contributed by atoms with Gasteiger partial charge >= 0.3 is 5.97 Å². The third-order valence-electron chi connectivity index (χ3n) is 3.37. The van der Waals surface area contributed by atoms with E-state index >= 15 is 0 Å². The molecule has 20 heavy (non-hydrogen) atoms. The summed E-state index contributed by atoms with van der Waals surface area (Å²) in [6, 6.07) is 7.57. The van der Waals surface area contributed by atoms with Gasteiger partial charge in [-0.05, 0) is 40.8 Å². The van der Waals surface area contributed by atoms with E-state index in [1.54, 1.807) is 0 Å². The van der Waals surface area contributed by atoms with Gasteiger partial charge in [-0.3, -0.25) is 14.5 Å². The van der Waals surface area contributed by atoms with Crippen LogP contribution in [0.2, 0.25) is 0 Å². The van der Waals surface area contributed by atoms with Crippen LogP contribution in [-0.2, 0) is 4.79 Å². The van der Waals surface area contributed by atoms with E-state index in [4.69, 9.17) is 5.11 Å². The highest BCUT2D eigenvalue weighted by molar-refractivity contribution is 14.1. The molecule has 5 nitrogen and oxygen atoms in total. The summed E-state index contributed by atoms with van der Waals surface area (Å²) in [7, 11) is 0. The molecule has 0 unspecified atom stereocenters. The van der Waals surface area contributed by atoms with Crippen LogP contribution in [0.4, 0.5) is 0 Å². The van der Waals surface area contributed by atoms with Gasteiger partial charge < -0.3 is 10.0 Å². The minimum absolute atomic E-state index is 0.0569. The lowest BCUT2D eigenvalue weighted by atomic mass is 10.2. The molecule has 0 radical (unpaired) electrons. The number of hydrogen-bond donors (Lipinski definition) is 1. The molecule has 108 valence electrons. The minimum atomic E-state index is -0.776. The van der Waals surface area contributed by atoms with Crippen LogP contribution in [0, 0.1) is 3.57 Å². The Hall–Kier alpha value is -1.15. The van der Waals surface area contributed by atoms with E-state index in [0.29, 0.717) is 19.6 Å². The van der Waals surface area contributed by atoms with Gasteiger partial charge in [-0.15, -0.1) is 0 Å². The van der Waals surface area contributed by atoms with E-state index < -0.39 is 5.97 Å². The number of carboxylic acids is 1. The number of carboxylic acid groups (broad SMARTS) is 1. The molecule has 0 atom stereocenters. The molecule has 1 aromatic carbocycles. The Morgan fingerprint density at radius 1 is 1.20 bits per heavy atom. The summed E-state index contributed by atoms with van der Waals surface area (Å²) in [5.41, 5.74) is 0.718. The lowest BCUT2D eigenvalue weighted by Gasteiger charge is -2.34. The standard InChI is InChI=1S/C14H17IN2O3/c15-12-3-1-2-11(10-12)14(20)17-8-6-16(7-9-17)5-4-13(18)19/h1-3,10H,4-9H2,(H,18,19). The highest BCUT2D eigenvalue weighted by Gasteiger charge is 2.22. The Kier molecular flexibility index (Phi) is 5.36. The first-order valence-corrected chi connectivity index (χ1v) is 7.63. The van der Waals surface area contributed by atoms with Crippen LogP contribution in [0.5, 0.6) is 0 Å². The Bertz CT molecular complexity index is 499. The minimum Gasteiger partial charge on any atom is -0.481 e. The molecule has 6 heteroatoms. The van der Waals surface area contributed by atoms with Crippen molar-refractivity contribution in [2.75, 3.05) is 32.7 Å². The third kappa shape index (κ3) is 4.17. The molecule has 1 aromatic rings. The summed E-state index contributed by atoms with van der Waals surface area (Å²) in [5, 5.41) is 8.67. The van der Waals surface area contributed by atoms with Crippen molar-refractivity contribution in [1.29, 1.82) is 0 Å². The average Bonchev–Trinajstić information content (AvgIpc) is 2.45. The molecule has 1 N–H and O–H groups in total. The molecule has 1 amide bonds. The fourth-order valence-electron chi connectivity index (χ4n) is 2.23. The molecule has 2 rings (SSSR count). The molecule has 0 saturated carbocycles. The fourth-order valence-corrected chi connectivity index (χ4v) is 2.78. The molecule has 1 heterocycles. The molecule has 0 aromatic heterocycles. The molecular formula is C14H17IN2O3. The van der Waals surface area contributed by atoms with Crippen molar-refractivity contribution in [3.8, 4) is 0 Å². The second-order valence-electron chi connectivity index (χ2n) is 4.79. The third-order valence-corrected chi connectivity index (χ3v) is 4.04. The smallest absolute Gasteiger partial charge is 0.304 e. The highest BCUT2D eigenvalue weighted by Crippen LogP contribution is 2.12. The predicted octanol–water partition coefficient (Wildman–Crippen LogP) is 1.52. The van der Waals surface area contributed by atoms with E-state index in [1.807, 2.05) is 29.2 Å². The molecule has 1 saturated heterocycles. The van der Waals surface area contributed by atoms with Gasteiger partial charge in [-0.2, -0.15) is 0 Å². The molecule has 0 aliphatic carbocycles. The second-order valence-corrected chi connectivity index (χ2v) is 6.03. The molecule has 1 aliphatic rings. The monoisotopic (exact) mass is 388 g/mol. The second kappa shape index (κ2) is 7.03. The van der Waals surface area contributed by atoms with Gasteiger partial charge in [0.25, 0.3) is 5.91 Å². The van der Waals surface area contributed by atoms with Crippen LogP contribution < -0.4 is 0 Å². The summed E-state index contributed by atoms with van der Waals surface area (Å²) in [6.07, 6.45) is 0.158. The Morgan fingerprint density at radius 2 is 1.90 bits per heavy atom. The lowest BCUT2D eigenvalue weighted by molar-refractivity contribution is -0.137. The number of carbonyl (C=O) groups is 2. The molecule has 0 spiro atoms. The number of carbonyl (C=O) groups excluding carboxylic acids is 1. The van der Waals surface area contributed by atoms with Crippen molar-refractivity contribution in [3.63, 3.8) is 0 Å². The Balaban J connectivity index is 1.87. The van der Waals surface area contributed by atoms with Crippen LogP contribution in [0.15, 0.2) is 24.3 Å². The van der Waals surface area contributed by atoms with Crippen molar-refractivity contribution in [2.45, 2.75) is 6.42 Å². The SMILES string of the molecule is O=C(O)CCN1CCN(C(=O)c2cccc(I)c2)CC1. The van der Waals surface area contributed by atoms with Crippen molar-refractivity contribution in [2.24, 2.45) is 0 Å². The number of halogens is 1. The lowest BCUT2D eigenvalue weighted by Crippen LogP contribution is -2.49. The maximum atomic E-state index is 12.3. The molecular weight excluding hydrogens is 371 g/mol. The fraction of sp³-hybridized carbons (Fsp3) is 0.429. The van der Waals surface area contributed by atoms with Crippen LogP contribution in [0.25, 0.3) is 0 Å². The first kappa shape index (κ1) is 15.2. The van der Waals surface area contributed by atoms with Crippen LogP contribution in [0.1, 0.15) is 16.8 Å². The zero-order valence-corrected chi connectivity index (χ0v) is 13.2. The summed E-state index contributed by atoms with van der Waals surface area (Å²) >= 11 is 2.20. The number of rotatable bonds is 4. The summed E-state index contributed by atoms with van der Waals surface area (Å²) in [6.45, 7) is 3.35. The number of amides is 1. The molecule has 1 aliphatic heterocycles. The van der Waals surface area contributed by atoms with Gasteiger partial charge in [0.15, 0.2) is 0 Å². The highest BCUT2D eigenvalue weighted by atomic mass is 127. The summed E-state index contributed by atoms with van der Waals surface area (Å²) < 4.78 is 1.05. The van der Waals surface area contributed by atoms with Crippen molar-refractivity contribution in [1.82, 2.24) is 9.80 Å². The van der Waals surface area contributed by atoms with Gasteiger partial charge in [0, 0.05) is 41.9 Å².